The van der Waals surface area contributed by atoms with E-state index in [1.807, 2.05) is 0 Å². The maximum atomic E-state index is 13.6. The van der Waals surface area contributed by atoms with Gasteiger partial charge in [-0.3, -0.25) is 14.3 Å². The Morgan fingerprint density at radius 3 is 2.42 bits per heavy atom. The first-order valence-corrected chi connectivity index (χ1v) is 12.4. The molecule has 2 aromatic heterocycles. The van der Waals surface area contributed by atoms with Gasteiger partial charge in [-0.25, -0.2) is 14.8 Å². The lowest BCUT2D eigenvalue weighted by Gasteiger charge is -2.22. The zero-order valence-corrected chi connectivity index (χ0v) is 22.0. The number of amides is 1. The van der Waals surface area contributed by atoms with E-state index in [9.17, 15) is 27.0 Å². The minimum Gasteiger partial charge on any atom is -0.444 e. The molecule has 0 aromatic carbocycles. The number of nitrogens with one attached hydrogen (secondary N) is 1. The summed E-state index contributed by atoms with van der Waals surface area (Å²) in [5, 5.41) is 2.52. The maximum Gasteiger partial charge on any atom is 0.431 e. The van der Waals surface area contributed by atoms with Crippen LogP contribution in [0, 0.1) is 0 Å². The SMILES string of the molecule is CCN(C)/C(=C\c1nc(-c2ncc(NC(=O)OC(C)(C)C)cc2S(=O)CC)n(C)c1C=O)C(F)(F)F. The zero-order valence-electron chi connectivity index (χ0n) is 21.2. The first kappa shape index (κ1) is 29.0. The van der Waals surface area contributed by atoms with Gasteiger partial charge >= 0.3 is 12.3 Å². The van der Waals surface area contributed by atoms with Crippen LogP contribution in [0.5, 0.6) is 0 Å². The van der Waals surface area contributed by atoms with Crippen LogP contribution >= 0.6 is 0 Å². The number of alkyl halides is 3. The van der Waals surface area contributed by atoms with Crippen molar-refractivity contribution in [3.8, 4) is 11.5 Å². The molecule has 0 aliphatic rings. The Kier molecular flexibility index (Phi) is 9.05. The van der Waals surface area contributed by atoms with Crippen LogP contribution in [0.4, 0.5) is 23.7 Å². The van der Waals surface area contributed by atoms with Crippen molar-refractivity contribution < 1.29 is 31.7 Å². The lowest BCUT2D eigenvalue weighted by Crippen LogP contribution is -2.28. The van der Waals surface area contributed by atoms with Crippen LogP contribution in [-0.2, 0) is 22.6 Å². The summed E-state index contributed by atoms with van der Waals surface area (Å²) in [6.45, 7) is 8.42. The van der Waals surface area contributed by atoms with Gasteiger partial charge in [0.1, 0.15) is 22.7 Å². The number of carbonyl (C=O) groups excluding carboxylic acids is 2. The van der Waals surface area contributed by atoms with E-state index in [1.165, 1.54) is 30.9 Å². The Morgan fingerprint density at radius 1 is 1.28 bits per heavy atom. The minimum atomic E-state index is -4.68. The molecule has 13 heteroatoms. The van der Waals surface area contributed by atoms with Gasteiger partial charge in [0.15, 0.2) is 12.1 Å². The summed E-state index contributed by atoms with van der Waals surface area (Å²) in [7, 11) is 1.15. The molecule has 1 unspecified atom stereocenters. The largest absolute Gasteiger partial charge is 0.444 e. The molecule has 9 nitrogen and oxygen atoms in total. The summed E-state index contributed by atoms with van der Waals surface area (Å²) in [6.07, 6.45) is -2.93. The molecular formula is C23H30F3N5O4S. The third-order valence-corrected chi connectivity index (χ3v) is 6.27. The van der Waals surface area contributed by atoms with Crippen LogP contribution in [0.15, 0.2) is 22.9 Å². The highest BCUT2D eigenvalue weighted by molar-refractivity contribution is 7.85. The Hall–Kier alpha value is -3.22. The highest BCUT2D eigenvalue weighted by Gasteiger charge is 2.36. The number of pyridine rings is 1. The van der Waals surface area contributed by atoms with Crippen molar-refractivity contribution in [1.82, 2.24) is 19.4 Å². The van der Waals surface area contributed by atoms with Gasteiger partial charge < -0.3 is 14.2 Å². The first-order valence-electron chi connectivity index (χ1n) is 11.0. The fourth-order valence-electron chi connectivity index (χ4n) is 3.13. The Labute approximate surface area is 210 Å². The van der Waals surface area contributed by atoms with Crippen LogP contribution in [0.2, 0.25) is 0 Å². The van der Waals surface area contributed by atoms with E-state index in [2.05, 4.69) is 15.3 Å². The van der Waals surface area contributed by atoms with E-state index in [1.54, 1.807) is 34.6 Å². The third-order valence-electron chi connectivity index (χ3n) is 4.95. The monoisotopic (exact) mass is 529 g/mol. The molecule has 198 valence electrons. The van der Waals surface area contributed by atoms with Crippen molar-refractivity contribution in [2.24, 2.45) is 7.05 Å². The van der Waals surface area contributed by atoms with Crippen LogP contribution in [-0.4, -0.2) is 67.1 Å². The number of hydrogen-bond acceptors (Lipinski definition) is 7. The molecule has 0 bridgehead atoms. The summed E-state index contributed by atoms with van der Waals surface area (Å²) >= 11 is 0. The number of aromatic nitrogens is 3. The number of anilines is 1. The fourth-order valence-corrected chi connectivity index (χ4v) is 4.06. The average molecular weight is 530 g/mol. The molecule has 0 saturated carbocycles. The summed E-state index contributed by atoms with van der Waals surface area (Å²) < 4.78 is 60.3. The van der Waals surface area contributed by atoms with E-state index < -0.39 is 34.4 Å². The molecule has 1 N–H and O–H groups in total. The number of carbonyl (C=O) groups is 2. The van der Waals surface area contributed by atoms with Crippen molar-refractivity contribution in [3.05, 3.63) is 29.3 Å². The summed E-state index contributed by atoms with van der Waals surface area (Å²) in [4.78, 5) is 33.7. The Bertz CT molecular complexity index is 1190. The van der Waals surface area contributed by atoms with Crippen molar-refractivity contribution in [2.45, 2.75) is 51.3 Å². The van der Waals surface area contributed by atoms with Crippen LogP contribution in [0.1, 0.15) is 50.8 Å². The number of ether oxygens (including phenoxy) is 1. The van der Waals surface area contributed by atoms with E-state index >= 15 is 0 Å². The summed E-state index contributed by atoms with van der Waals surface area (Å²) in [5.41, 5.74) is -1.72. The van der Waals surface area contributed by atoms with Crippen molar-refractivity contribution in [2.75, 3.05) is 24.7 Å². The van der Waals surface area contributed by atoms with Gasteiger partial charge in [-0.1, -0.05) is 6.92 Å². The Morgan fingerprint density at radius 2 is 1.92 bits per heavy atom. The number of halogens is 3. The number of imidazole rings is 1. The number of hydrogen-bond donors (Lipinski definition) is 1. The third kappa shape index (κ3) is 6.93. The fraction of sp³-hybridized carbons (Fsp3) is 0.478. The standard InChI is InChI=1S/C23H30F3N5O4S/c1-8-30(6)18(23(24,25)26)11-15-16(13-32)31(7)20(29-15)19-17(36(34)9-2)10-14(12-27-19)28-21(33)35-22(3,4)5/h10-13H,8-9H2,1-7H3,(H,28,33)/b18-11-. The quantitative estimate of drug-likeness (QED) is 0.497. The highest BCUT2D eigenvalue weighted by atomic mass is 32.2. The van der Waals surface area contributed by atoms with Gasteiger partial charge in [0.05, 0.1) is 33.3 Å². The summed E-state index contributed by atoms with van der Waals surface area (Å²) in [6, 6.07) is 1.43. The highest BCUT2D eigenvalue weighted by Crippen LogP contribution is 2.32. The number of nitrogens with zero attached hydrogens (tertiary/aromatic N) is 4. The van der Waals surface area contributed by atoms with Gasteiger partial charge in [-0.15, -0.1) is 0 Å². The maximum absolute atomic E-state index is 13.6. The van der Waals surface area contributed by atoms with E-state index in [0.29, 0.717) is 6.29 Å². The van der Waals surface area contributed by atoms with E-state index in [4.69, 9.17) is 4.74 Å². The van der Waals surface area contributed by atoms with Crippen molar-refractivity contribution in [3.63, 3.8) is 0 Å². The molecule has 2 aromatic rings. The molecular weight excluding hydrogens is 499 g/mol. The molecule has 1 atom stereocenters. The number of aldehydes is 1. The van der Waals surface area contributed by atoms with E-state index in [0.717, 1.165) is 11.0 Å². The van der Waals surface area contributed by atoms with Crippen molar-refractivity contribution >= 4 is 34.9 Å². The summed E-state index contributed by atoms with van der Waals surface area (Å²) in [5.74, 6) is 0.242. The zero-order chi connectivity index (χ0) is 27.4. The smallest absolute Gasteiger partial charge is 0.431 e. The predicted octanol–water partition coefficient (Wildman–Crippen LogP) is 4.62. The molecule has 0 spiro atoms. The van der Waals surface area contributed by atoms with Crippen molar-refractivity contribution in [1.29, 1.82) is 0 Å². The van der Waals surface area contributed by atoms with Crippen LogP contribution < -0.4 is 5.32 Å². The molecule has 0 fully saturated rings. The second kappa shape index (κ2) is 11.2. The van der Waals surface area contributed by atoms with Gasteiger partial charge in [-0.05, 0) is 39.8 Å². The van der Waals surface area contributed by atoms with Gasteiger partial charge in [0.25, 0.3) is 0 Å². The second-order valence-corrected chi connectivity index (χ2v) is 10.5. The molecule has 36 heavy (non-hydrogen) atoms. The molecule has 0 aliphatic carbocycles. The lowest BCUT2D eigenvalue weighted by molar-refractivity contribution is -0.108. The normalized spacial score (nSPS) is 13.3. The number of rotatable bonds is 8. The van der Waals surface area contributed by atoms with Crippen LogP contribution in [0.25, 0.3) is 17.6 Å². The van der Waals surface area contributed by atoms with Gasteiger partial charge in [0.2, 0.25) is 0 Å². The number of allylic oxidation sites excluding steroid dienone is 1. The van der Waals surface area contributed by atoms with Gasteiger partial charge in [0, 0.05) is 26.4 Å². The molecule has 2 rings (SSSR count). The van der Waals surface area contributed by atoms with Crippen LogP contribution in [0.3, 0.4) is 0 Å². The molecule has 0 aliphatic heterocycles. The average Bonchev–Trinajstić information content (AvgIpc) is 3.09. The molecule has 0 radical (unpaired) electrons. The first-order chi connectivity index (χ1) is 16.6. The predicted molar refractivity (Wildman–Crippen MR) is 131 cm³/mol. The second-order valence-electron chi connectivity index (χ2n) is 8.76. The topological polar surface area (TPSA) is 106 Å². The molecule has 0 saturated heterocycles. The molecule has 1 amide bonds. The minimum absolute atomic E-state index is 0.0460. The molecule has 2 heterocycles. The Balaban J connectivity index is 2.65. The van der Waals surface area contributed by atoms with Gasteiger partial charge in [-0.2, -0.15) is 13.2 Å². The van der Waals surface area contributed by atoms with E-state index in [-0.39, 0.29) is 45.8 Å². The lowest BCUT2D eigenvalue weighted by atomic mass is 10.2.